The van der Waals surface area contributed by atoms with Gasteiger partial charge in [0, 0.05) is 0 Å². The van der Waals surface area contributed by atoms with Gasteiger partial charge in [0.15, 0.2) is 0 Å². The van der Waals surface area contributed by atoms with Crippen LogP contribution >= 0.6 is 0 Å². The fourth-order valence-electron chi connectivity index (χ4n) is 0.746. The highest BCUT2D eigenvalue weighted by Gasteiger charge is 2.02. The molecule has 2 nitrogen and oxygen atoms in total. The van der Waals surface area contributed by atoms with Gasteiger partial charge in [-0.3, -0.25) is 0 Å². The van der Waals surface area contributed by atoms with Crippen LogP contribution in [0.3, 0.4) is 0 Å². The van der Waals surface area contributed by atoms with E-state index < -0.39 is 6.55 Å². The summed E-state index contributed by atoms with van der Waals surface area (Å²) in [6.07, 6.45) is 0. The van der Waals surface area contributed by atoms with E-state index in [1.54, 1.807) is 18.2 Å². The van der Waals surface area contributed by atoms with E-state index in [1.807, 2.05) is 5.32 Å². The lowest BCUT2D eigenvalue weighted by atomic mass is 10.3. The van der Waals surface area contributed by atoms with E-state index in [-0.39, 0.29) is 5.69 Å². The Morgan fingerprint density at radius 3 is 2.45 bits per heavy atom. The molecule has 0 unspecified atom stereocenters. The van der Waals surface area contributed by atoms with Gasteiger partial charge in [-0.15, -0.1) is 0 Å². The first-order chi connectivity index (χ1) is 5.20. The lowest BCUT2D eigenvalue weighted by Crippen LogP contribution is -2.07. The van der Waals surface area contributed by atoms with Crippen LogP contribution in [0, 0.1) is 0 Å². The summed E-state index contributed by atoms with van der Waals surface area (Å²) >= 11 is 0. The number of nitrogen functional groups attached to an aromatic ring is 1. The van der Waals surface area contributed by atoms with Gasteiger partial charge in [0.25, 0.3) is 0 Å². The summed E-state index contributed by atoms with van der Waals surface area (Å²) < 4.78 is 23.5. The van der Waals surface area contributed by atoms with Gasteiger partial charge in [0.2, 0.25) is 0 Å². The van der Waals surface area contributed by atoms with E-state index >= 15 is 0 Å². The molecule has 0 aliphatic heterocycles. The van der Waals surface area contributed by atoms with Crippen LogP contribution in [-0.2, 0) is 0 Å². The van der Waals surface area contributed by atoms with Gasteiger partial charge in [-0.05, 0) is 12.1 Å². The van der Waals surface area contributed by atoms with Gasteiger partial charge >= 0.3 is 6.55 Å². The molecule has 0 aromatic heterocycles. The number of halogens is 2. The number of para-hydroxylation sites is 2. The summed E-state index contributed by atoms with van der Waals surface area (Å²) in [6, 6.07) is 6.39. The number of nitrogens with two attached hydrogens (primary N) is 1. The van der Waals surface area contributed by atoms with Crippen LogP contribution in [-0.4, -0.2) is 6.55 Å². The second-order valence-corrected chi connectivity index (χ2v) is 2.03. The lowest BCUT2D eigenvalue weighted by Gasteiger charge is -2.06. The third kappa shape index (κ3) is 2.07. The van der Waals surface area contributed by atoms with Crippen LogP contribution in [0.2, 0.25) is 0 Å². The molecule has 0 heterocycles. The van der Waals surface area contributed by atoms with E-state index in [1.165, 1.54) is 6.07 Å². The van der Waals surface area contributed by atoms with E-state index in [0.29, 0.717) is 5.69 Å². The molecular formula is C7H8F2N2. The average molecular weight is 158 g/mol. The second kappa shape index (κ2) is 3.18. The van der Waals surface area contributed by atoms with Gasteiger partial charge < -0.3 is 11.1 Å². The average Bonchev–Trinajstić information content (AvgIpc) is 1.93. The van der Waals surface area contributed by atoms with Crippen molar-refractivity contribution in [2.24, 2.45) is 0 Å². The van der Waals surface area contributed by atoms with Crippen LogP contribution < -0.4 is 11.1 Å². The van der Waals surface area contributed by atoms with Gasteiger partial charge in [-0.2, -0.15) is 8.78 Å². The number of rotatable bonds is 2. The molecule has 0 amide bonds. The van der Waals surface area contributed by atoms with Crippen molar-refractivity contribution in [1.29, 1.82) is 0 Å². The van der Waals surface area contributed by atoms with Crippen molar-refractivity contribution in [3.63, 3.8) is 0 Å². The fourth-order valence-corrected chi connectivity index (χ4v) is 0.746. The molecule has 0 fully saturated rings. The summed E-state index contributed by atoms with van der Waals surface area (Å²) in [6.45, 7) is -2.57. The number of hydrogen-bond acceptors (Lipinski definition) is 2. The van der Waals surface area contributed by atoms with Crippen LogP contribution in [0.4, 0.5) is 20.2 Å². The maximum absolute atomic E-state index is 11.7. The maximum Gasteiger partial charge on any atom is 0.313 e. The molecule has 1 aromatic carbocycles. The highest BCUT2D eigenvalue weighted by Crippen LogP contribution is 2.17. The Bertz CT molecular complexity index is 238. The molecule has 0 spiro atoms. The summed E-state index contributed by atoms with van der Waals surface area (Å²) in [4.78, 5) is 0. The minimum Gasteiger partial charge on any atom is -0.397 e. The van der Waals surface area contributed by atoms with Crippen molar-refractivity contribution in [3.8, 4) is 0 Å². The van der Waals surface area contributed by atoms with E-state index in [9.17, 15) is 8.78 Å². The Labute approximate surface area is 63.0 Å². The summed E-state index contributed by atoms with van der Waals surface area (Å²) in [5.74, 6) is 0. The normalized spacial score (nSPS) is 10.1. The Morgan fingerprint density at radius 2 is 1.91 bits per heavy atom. The smallest absolute Gasteiger partial charge is 0.313 e. The molecule has 0 atom stereocenters. The predicted molar refractivity (Wildman–Crippen MR) is 40.5 cm³/mol. The third-order valence-corrected chi connectivity index (χ3v) is 1.23. The van der Waals surface area contributed by atoms with Gasteiger partial charge in [0.1, 0.15) is 0 Å². The van der Waals surface area contributed by atoms with E-state index in [2.05, 4.69) is 0 Å². The molecule has 3 N–H and O–H groups in total. The molecule has 1 rings (SSSR count). The SMILES string of the molecule is Nc1ccccc1NC(F)F. The topological polar surface area (TPSA) is 38.0 Å². The molecule has 0 saturated heterocycles. The predicted octanol–water partition coefficient (Wildman–Crippen LogP) is 1.90. The first kappa shape index (κ1) is 7.78. The molecule has 0 saturated carbocycles. The molecule has 11 heavy (non-hydrogen) atoms. The Hall–Kier alpha value is -1.32. The first-order valence-electron chi connectivity index (χ1n) is 3.09. The van der Waals surface area contributed by atoms with Gasteiger partial charge in [-0.1, -0.05) is 12.1 Å². The Morgan fingerprint density at radius 1 is 1.27 bits per heavy atom. The van der Waals surface area contributed by atoms with Crippen LogP contribution in [0.15, 0.2) is 24.3 Å². The zero-order chi connectivity index (χ0) is 8.27. The van der Waals surface area contributed by atoms with E-state index in [4.69, 9.17) is 5.73 Å². The minimum absolute atomic E-state index is 0.266. The highest BCUT2D eigenvalue weighted by molar-refractivity contribution is 5.65. The van der Waals surface area contributed by atoms with Crippen LogP contribution in [0.5, 0.6) is 0 Å². The molecule has 60 valence electrons. The van der Waals surface area contributed by atoms with Crippen LogP contribution in [0.1, 0.15) is 0 Å². The standard InChI is InChI=1S/C7H8F2N2/c8-7(9)11-6-4-2-1-3-5(6)10/h1-4,7,11H,10H2. The molecule has 0 radical (unpaired) electrons. The quantitative estimate of drug-likeness (QED) is 0.509. The molecule has 4 heteroatoms. The number of benzene rings is 1. The Balaban J connectivity index is 2.78. The van der Waals surface area contributed by atoms with Gasteiger partial charge in [-0.25, -0.2) is 0 Å². The van der Waals surface area contributed by atoms with Crippen molar-refractivity contribution < 1.29 is 8.78 Å². The summed E-state index contributed by atoms with van der Waals surface area (Å²) in [5.41, 5.74) is 5.97. The molecule has 1 aromatic rings. The Kier molecular flexibility index (Phi) is 2.25. The minimum atomic E-state index is -2.57. The molecule has 0 bridgehead atoms. The highest BCUT2D eigenvalue weighted by atomic mass is 19.3. The second-order valence-electron chi connectivity index (χ2n) is 2.03. The first-order valence-corrected chi connectivity index (χ1v) is 3.09. The van der Waals surface area contributed by atoms with Crippen LogP contribution in [0.25, 0.3) is 0 Å². The number of hydrogen-bond donors (Lipinski definition) is 2. The number of alkyl halides is 2. The zero-order valence-corrected chi connectivity index (χ0v) is 5.72. The van der Waals surface area contributed by atoms with Crippen molar-refractivity contribution >= 4 is 11.4 Å². The van der Waals surface area contributed by atoms with Crippen molar-refractivity contribution in [2.45, 2.75) is 6.55 Å². The van der Waals surface area contributed by atoms with Crippen molar-refractivity contribution in [2.75, 3.05) is 11.1 Å². The number of nitrogens with one attached hydrogen (secondary N) is 1. The third-order valence-electron chi connectivity index (χ3n) is 1.23. The molecular weight excluding hydrogens is 150 g/mol. The maximum atomic E-state index is 11.7. The van der Waals surface area contributed by atoms with Gasteiger partial charge in [0.05, 0.1) is 11.4 Å². The lowest BCUT2D eigenvalue weighted by molar-refractivity contribution is 0.181. The molecule has 0 aliphatic carbocycles. The zero-order valence-electron chi connectivity index (χ0n) is 5.72. The monoisotopic (exact) mass is 158 g/mol. The largest absolute Gasteiger partial charge is 0.397 e. The fraction of sp³-hybridized carbons (Fsp3) is 0.143. The van der Waals surface area contributed by atoms with Crippen molar-refractivity contribution in [3.05, 3.63) is 24.3 Å². The molecule has 0 aliphatic rings. The summed E-state index contributed by atoms with van der Waals surface area (Å²) in [7, 11) is 0. The van der Waals surface area contributed by atoms with E-state index in [0.717, 1.165) is 0 Å². The number of anilines is 2. The van der Waals surface area contributed by atoms with Crippen molar-refractivity contribution in [1.82, 2.24) is 0 Å². The summed E-state index contributed by atoms with van der Waals surface area (Å²) in [5, 5.41) is 1.91.